The van der Waals surface area contributed by atoms with Crippen LogP contribution in [0, 0.1) is 0 Å². The molecule has 0 fully saturated rings. The highest BCUT2D eigenvalue weighted by molar-refractivity contribution is 7.21. The first-order chi connectivity index (χ1) is 23.3. The zero-order valence-electron chi connectivity index (χ0n) is 25.4. The number of rotatable bonds is 6. The van der Waals surface area contributed by atoms with Crippen LogP contribution >= 0.6 is 11.3 Å². The van der Waals surface area contributed by atoms with Crippen LogP contribution in [0.2, 0.25) is 0 Å². The van der Waals surface area contributed by atoms with Gasteiger partial charge in [-0.25, -0.2) is 4.98 Å². The molecule has 47 heavy (non-hydrogen) atoms. The van der Waals surface area contributed by atoms with E-state index in [-0.39, 0.29) is 0 Å². The monoisotopic (exact) mass is 620 g/mol. The van der Waals surface area contributed by atoms with Crippen molar-refractivity contribution in [3.05, 3.63) is 170 Å². The maximum Gasteiger partial charge on any atom is 0.159 e. The number of hydrogen-bond donors (Lipinski definition) is 0. The van der Waals surface area contributed by atoms with Crippen molar-refractivity contribution in [1.29, 1.82) is 0 Å². The van der Waals surface area contributed by atoms with Crippen LogP contribution in [-0.4, -0.2) is 4.98 Å². The summed E-state index contributed by atoms with van der Waals surface area (Å²) in [7, 11) is 0. The van der Waals surface area contributed by atoms with Crippen LogP contribution in [0.3, 0.4) is 0 Å². The molecule has 2 heterocycles. The number of thiazole rings is 1. The molecule has 0 saturated carbocycles. The summed E-state index contributed by atoms with van der Waals surface area (Å²) < 4.78 is 7.89. The van der Waals surface area contributed by atoms with Crippen LogP contribution in [0.4, 0.5) is 17.1 Å². The van der Waals surface area contributed by atoms with Crippen molar-refractivity contribution in [1.82, 2.24) is 4.98 Å². The molecule has 0 aliphatic rings. The predicted octanol–water partition coefficient (Wildman–Crippen LogP) is 12.7. The molecule has 0 aliphatic carbocycles. The maximum atomic E-state index is 6.74. The summed E-state index contributed by atoms with van der Waals surface area (Å²) in [5.74, 6) is 0. The Kier molecular flexibility index (Phi) is 6.65. The average Bonchev–Trinajstić information content (AvgIpc) is 3.73. The molecular weight excluding hydrogens is 593 g/mol. The van der Waals surface area contributed by atoms with E-state index in [4.69, 9.17) is 9.40 Å². The van der Waals surface area contributed by atoms with Gasteiger partial charge in [0.1, 0.15) is 10.6 Å². The van der Waals surface area contributed by atoms with E-state index in [1.54, 1.807) is 11.3 Å². The standard InChI is InChI=1S/C43H28N2OS/c1-4-11-29(12-5-1)31-19-23-34(24-20-31)45(35-25-21-32(22-26-35)30-13-6-2-7-14-30)39-18-10-17-36-37-27-41-38(28-40(37)46-42(36)39)44-43(47-41)33-15-8-3-9-16-33/h1-28H. The molecule has 9 aromatic rings. The van der Waals surface area contributed by atoms with E-state index in [0.717, 1.165) is 59.8 Å². The Morgan fingerprint density at radius 1 is 0.468 bits per heavy atom. The third-order valence-corrected chi connectivity index (χ3v) is 9.78. The third kappa shape index (κ3) is 4.96. The molecule has 0 amide bonds. The number of fused-ring (bicyclic) bond motifs is 4. The van der Waals surface area contributed by atoms with Crippen LogP contribution in [0.25, 0.3) is 65.0 Å². The minimum Gasteiger partial charge on any atom is -0.454 e. The largest absolute Gasteiger partial charge is 0.454 e. The number of furan rings is 1. The molecule has 0 radical (unpaired) electrons. The van der Waals surface area contributed by atoms with Gasteiger partial charge >= 0.3 is 0 Å². The smallest absolute Gasteiger partial charge is 0.159 e. The molecular formula is C43H28N2OS. The van der Waals surface area contributed by atoms with E-state index in [2.05, 4.69) is 169 Å². The van der Waals surface area contributed by atoms with Gasteiger partial charge in [0.2, 0.25) is 0 Å². The lowest BCUT2D eigenvalue weighted by Gasteiger charge is -2.26. The summed E-state index contributed by atoms with van der Waals surface area (Å²) >= 11 is 1.72. The lowest BCUT2D eigenvalue weighted by atomic mass is 10.0. The summed E-state index contributed by atoms with van der Waals surface area (Å²) in [5.41, 5.74) is 11.6. The van der Waals surface area contributed by atoms with Crippen molar-refractivity contribution in [3.63, 3.8) is 0 Å². The van der Waals surface area contributed by atoms with Crippen molar-refractivity contribution < 1.29 is 4.42 Å². The quantitative estimate of drug-likeness (QED) is 0.185. The minimum absolute atomic E-state index is 0.837. The van der Waals surface area contributed by atoms with Gasteiger partial charge < -0.3 is 9.32 Å². The Hall–Kier alpha value is -5.97. The number of hydrogen-bond acceptors (Lipinski definition) is 4. The third-order valence-electron chi connectivity index (χ3n) is 8.71. The predicted molar refractivity (Wildman–Crippen MR) is 198 cm³/mol. The summed E-state index contributed by atoms with van der Waals surface area (Å²) in [6.45, 7) is 0. The zero-order chi connectivity index (χ0) is 31.2. The summed E-state index contributed by atoms with van der Waals surface area (Å²) in [6, 6.07) is 59.7. The van der Waals surface area contributed by atoms with Crippen LogP contribution in [0.5, 0.6) is 0 Å². The van der Waals surface area contributed by atoms with E-state index < -0.39 is 0 Å². The van der Waals surface area contributed by atoms with Crippen molar-refractivity contribution in [2.45, 2.75) is 0 Å². The van der Waals surface area contributed by atoms with E-state index in [1.807, 2.05) is 6.07 Å². The molecule has 9 rings (SSSR count). The molecule has 0 aliphatic heterocycles. The molecule has 7 aromatic carbocycles. The average molecular weight is 621 g/mol. The SMILES string of the molecule is c1ccc(-c2ccc(N(c3ccc(-c4ccccc4)cc3)c3cccc4c3oc3cc5nc(-c6ccccc6)sc5cc34)cc2)cc1. The first-order valence-corrected chi connectivity index (χ1v) is 16.5. The van der Waals surface area contributed by atoms with Gasteiger partial charge in [0.15, 0.2) is 5.58 Å². The van der Waals surface area contributed by atoms with Crippen molar-refractivity contribution in [2.75, 3.05) is 4.90 Å². The fraction of sp³-hybridized carbons (Fsp3) is 0. The van der Waals surface area contributed by atoms with Crippen molar-refractivity contribution >= 4 is 60.6 Å². The molecule has 0 N–H and O–H groups in total. The Bertz CT molecular complexity index is 2400. The fourth-order valence-corrected chi connectivity index (χ4v) is 7.37. The Morgan fingerprint density at radius 3 is 1.57 bits per heavy atom. The van der Waals surface area contributed by atoms with Crippen LogP contribution in [0.1, 0.15) is 0 Å². The van der Waals surface area contributed by atoms with Gasteiger partial charge in [0.05, 0.1) is 15.9 Å². The van der Waals surface area contributed by atoms with Gasteiger partial charge in [-0.15, -0.1) is 11.3 Å². The Labute approximate surface area is 276 Å². The molecule has 4 heteroatoms. The van der Waals surface area contributed by atoms with Gasteiger partial charge in [-0.05, 0) is 58.7 Å². The highest BCUT2D eigenvalue weighted by atomic mass is 32.1. The molecule has 2 aromatic heterocycles. The van der Waals surface area contributed by atoms with E-state index in [9.17, 15) is 0 Å². The highest BCUT2D eigenvalue weighted by Gasteiger charge is 2.20. The first-order valence-electron chi connectivity index (χ1n) is 15.7. The highest BCUT2D eigenvalue weighted by Crippen LogP contribution is 2.44. The molecule has 3 nitrogen and oxygen atoms in total. The van der Waals surface area contributed by atoms with E-state index in [0.29, 0.717) is 0 Å². The number of nitrogens with zero attached hydrogens (tertiary/aromatic N) is 2. The molecule has 0 atom stereocenters. The van der Waals surface area contributed by atoms with Gasteiger partial charge in [-0.1, -0.05) is 127 Å². The Balaban J connectivity index is 1.19. The summed E-state index contributed by atoms with van der Waals surface area (Å²) in [4.78, 5) is 7.26. The summed E-state index contributed by atoms with van der Waals surface area (Å²) in [6.07, 6.45) is 0. The van der Waals surface area contributed by atoms with E-state index in [1.165, 1.54) is 22.3 Å². The number of benzene rings is 7. The van der Waals surface area contributed by atoms with Crippen LogP contribution < -0.4 is 4.90 Å². The normalized spacial score (nSPS) is 11.4. The number of para-hydroxylation sites is 1. The van der Waals surface area contributed by atoms with E-state index >= 15 is 0 Å². The second-order valence-corrected chi connectivity index (χ2v) is 12.6. The van der Waals surface area contributed by atoms with Gasteiger partial charge in [0.25, 0.3) is 0 Å². The fourth-order valence-electron chi connectivity index (χ4n) is 6.38. The Morgan fingerprint density at radius 2 is 1.00 bits per heavy atom. The first kappa shape index (κ1) is 27.3. The van der Waals surface area contributed by atoms with Crippen LogP contribution in [0.15, 0.2) is 174 Å². The summed E-state index contributed by atoms with van der Waals surface area (Å²) in [5, 5.41) is 3.19. The molecule has 0 unspecified atom stereocenters. The van der Waals surface area contributed by atoms with Crippen molar-refractivity contribution in [2.24, 2.45) is 0 Å². The molecule has 222 valence electrons. The van der Waals surface area contributed by atoms with Gasteiger partial charge in [-0.3, -0.25) is 0 Å². The van der Waals surface area contributed by atoms with Gasteiger partial charge in [-0.2, -0.15) is 0 Å². The topological polar surface area (TPSA) is 29.3 Å². The van der Waals surface area contributed by atoms with Crippen LogP contribution in [-0.2, 0) is 0 Å². The minimum atomic E-state index is 0.837. The zero-order valence-corrected chi connectivity index (χ0v) is 26.2. The number of anilines is 3. The second-order valence-electron chi connectivity index (χ2n) is 11.6. The van der Waals surface area contributed by atoms with Gasteiger partial charge in [0, 0.05) is 33.8 Å². The second kappa shape index (κ2) is 11.4. The number of aromatic nitrogens is 1. The van der Waals surface area contributed by atoms with Crippen molar-refractivity contribution in [3.8, 4) is 32.8 Å². The lowest BCUT2D eigenvalue weighted by molar-refractivity contribution is 0.669. The maximum absolute atomic E-state index is 6.74. The molecule has 0 saturated heterocycles. The lowest BCUT2D eigenvalue weighted by Crippen LogP contribution is -2.10. The molecule has 0 bridgehead atoms. The molecule has 0 spiro atoms.